The van der Waals surface area contributed by atoms with Crippen molar-refractivity contribution in [2.45, 2.75) is 12.5 Å². The number of aromatic nitrogens is 3. The summed E-state index contributed by atoms with van der Waals surface area (Å²) in [5.41, 5.74) is 7.90. The molecular formula is C11H14N4O. The van der Waals surface area contributed by atoms with Crippen LogP contribution in [0, 0.1) is 0 Å². The van der Waals surface area contributed by atoms with E-state index in [2.05, 4.69) is 10.1 Å². The molecule has 0 spiro atoms. The van der Waals surface area contributed by atoms with Gasteiger partial charge in [-0.1, -0.05) is 0 Å². The Morgan fingerprint density at radius 1 is 1.50 bits per heavy atom. The minimum absolute atomic E-state index is 0.427. The molecule has 0 aromatic carbocycles. The number of aliphatic hydroxyl groups is 1. The number of anilines is 1. The first-order valence-corrected chi connectivity index (χ1v) is 5.03. The van der Waals surface area contributed by atoms with Crippen LogP contribution >= 0.6 is 0 Å². The van der Waals surface area contributed by atoms with Crippen LogP contribution in [0.15, 0.2) is 30.7 Å². The van der Waals surface area contributed by atoms with E-state index in [0.29, 0.717) is 17.8 Å². The van der Waals surface area contributed by atoms with E-state index < -0.39 is 6.10 Å². The van der Waals surface area contributed by atoms with Crippen LogP contribution in [-0.2, 0) is 13.5 Å². The van der Waals surface area contributed by atoms with Crippen molar-refractivity contribution in [1.29, 1.82) is 0 Å². The fourth-order valence-electron chi connectivity index (χ4n) is 1.53. The van der Waals surface area contributed by atoms with Crippen molar-refractivity contribution >= 4 is 5.69 Å². The van der Waals surface area contributed by atoms with E-state index in [1.165, 1.54) is 0 Å². The van der Waals surface area contributed by atoms with E-state index in [9.17, 15) is 5.11 Å². The number of hydrogen-bond donors (Lipinski definition) is 2. The summed E-state index contributed by atoms with van der Waals surface area (Å²) in [7, 11) is 1.81. The van der Waals surface area contributed by atoms with Crippen molar-refractivity contribution < 1.29 is 5.11 Å². The van der Waals surface area contributed by atoms with Crippen molar-refractivity contribution in [2.24, 2.45) is 7.05 Å². The molecule has 0 aliphatic rings. The second kappa shape index (κ2) is 4.32. The van der Waals surface area contributed by atoms with Crippen LogP contribution < -0.4 is 5.73 Å². The monoisotopic (exact) mass is 218 g/mol. The van der Waals surface area contributed by atoms with Gasteiger partial charge < -0.3 is 10.8 Å². The summed E-state index contributed by atoms with van der Waals surface area (Å²) in [4.78, 5) is 3.98. The van der Waals surface area contributed by atoms with Gasteiger partial charge in [-0.25, -0.2) is 0 Å². The molecule has 2 aromatic heterocycles. The summed E-state index contributed by atoms with van der Waals surface area (Å²) >= 11 is 0. The number of nitrogens with two attached hydrogens (primary N) is 1. The minimum atomic E-state index is -0.646. The molecule has 2 rings (SSSR count). The van der Waals surface area contributed by atoms with Crippen molar-refractivity contribution in [3.8, 4) is 0 Å². The lowest BCUT2D eigenvalue weighted by Crippen LogP contribution is -2.06. The average molecular weight is 218 g/mol. The number of aliphatic hydroxyl groups excluding tert-OH is 1. The second-order valence-corrected chi connectivity index (χ2v) is 3.71. The quantitative estimate of drug-likeness (QED) is 0.794. The van der Waals surface area contributed by atoms with Crippen LogP contribution in [0.2, 0.25) is 0 Å². The zero-order valence-corrected chi connectivity index (χ0v) is 9.04. The van der Waals surface area contributed by atoms with E-state index in [1.54, 1.807) is 35.4 Å². The molecule has 0 fully saturated rings. The first-order chi connectivity index (χ1) is 7.66. The van der Waals surface area contributed by atoms with Crippen molar-refractivity contribution in [3.05, 3.63) is 42.0 Å². The fourth-order valence-corrected chi connectivity index (χ4v) is 1.53. The molecule has 1 atom stereocenters. The maximum Gasteiger partial charge on any atom is 0.102 e. The number of rotatable bonds is 3. The summed E-state index contributed by atoms with van der Waals surface area (Å²) in [5.74, 6) is 0. The lowest BCUT2D eigenvalue weighted by Gasteiger charge is -2.09. The van der Waals surface area contributed by atoms with Crippen molar-refractivity contribution in [3.63, 3.8) is 0 Å². The number of aryl methyl sites for hydroxylation is 1. The average Bonchev–Trinajstić information content (AvgIpc) is 2.68. The fraction of sp³-hybridized carbons (Fsp3) is 0.273. The van der Waals surface area contributed by atoms with Crippen LogP contribution in [0.5, 0.6) is 0 Å². The third kappa shape index (κ3) is 2.20. The highest BCUT2D eigenvalue weighted by Gasteiger charge is 2.12. The summed E-state index contributed by atoms with van der Waals surface area (Å²) in [6.45, 7) is 0. The second-order valence-electron chi connectivity index (χ2n) is 3.71. The van der Waals surface area contributed by atoms with E-state index in [1.807, 2.05) is 7.05 Å². The molecule has 2 aromatic rings. The molecule has 0 radical (unpaired) electrons. The highest BCUT2D eigenvalue weighted by atomic mass is 16.3. The SMILES string of the molecule is Cn1ccc(C(O)Cc2cnccc2N)n1. The standard InChI is InChI=1S/C11H14N4O/c1-15-5-3-10(14-15)11(16)6-8-7-13-4-2-9(8)12/h2-5,7,11,16H,6H2,1H3,(H2,12,13). The van der Waals surface area contributed by atoms with Crippen molar-refractivity contribution in [1.82, 2.24) is 14.8 Å². The van der Waals surface area contributed by atoms with Gasteiger partial charge in [0, 0.05) is 37.7 Å². The first-order valence-electron chi connectivity index (χ1n) is 5.03. The van der Waals surface area contributed by atoms with Gasteiger partial charge in [-0.3, -0.25) is 9.67 Å². The van der Waals surface area contributed by atoms with Gasteiger partial charge in [0.15, 0.2) is 0 Å². The Bertz CT molecular complexity index is 480. The van der Waals surface area contributed by atoms with Crippen molar-refractivity contribution in [2.75, 3.05) is 5.73 Å². The predicted octanol–water partition coefficient (Wildman–Crippen LogP) is 0.673. The molecule has 5 nitrogen and oxygen atoms in total. The van der Waals surface area contributed by atoms with Gasteiger partial charge >= 0.3 is 0 Å². The highest BCUT2D eigenvalue weighted by Crippen LogP contribution is 2.19. The Labute approximate surface area is 93.5 Å². The topological polar surface area (TPSA) is 77.0 Å². The molecule has 0 amide bonds. The third-order valence-electron chi connectivity index (χ3n) is 2.43. The van der Waals surface area contributed by atoms with Gasteiger partial charge in [0.05, 0.1) is 5.69 Å². The minimum Gasteiger partial charge on any atom is -0.398 e. The van der Waals surface area contributed by atoms with E-state index in [4.69, 9.17) is 5.73 Å². The number of pyridine rings is 1. The molecule has 5 heteroatoms. The summed E-state index contributed by atoms with van der Waals surface area (Å²) in [5, 5.41) is 14.1. The Morgan fingerprint density at radius 2 is 2.31 bits per heavy atom. The zero-order chi connectivity index (χ0) is 11.5. The van der Waals surface area contributed by atoms with E-state index >= 15 is 0 Å². The summed E-state index contributed by atoms with van der Waals surface area (Å²) < 4.78 is 1.66. The molecule has 16 heavy (non-hydrogen) atoms. The van der Waals surface area contributed by atoms with Crippen LogP contribution in [-0.4, -0.2) is 19.9 Å². The number of hydrogen-bond acceptors (Lipinski definition) is 4. The summed E-state index contributed by atoms with van der Waals surface area (Å²) in [6, 6.07) is 3.51. The largest absolute Gasteiger partial charge is 0.398 e. The van der Waals surface area contributed by atoms with Gasteiger partial charge in [0.25, 0.3) is 0 Å². The van der Waals surface area contributed by atoms with Gasteiger partial charge in [0.1, 0.15) is 6.10 Å². The molecule has 0 aliphatic heterocycles. The van der Waals surface area contributed by atoms with Gasteiger partial charge in [-0.2, -0.15) is 5.10 Å². The zero-order valence-electron chi connectivity index (χ0n) is 9.04. The van der Waals surface area contributed by atoms with Crippen LogP contribution in [0.4, 0.5) is 5.69 Å². The number of nitrogens with zero attached hydrogens (tertiary/aromatic N) is 3. The van der Waals surface area contributed by atoms with Gasteiger partial charge in [-0.15, -0.1) is 0 Å². The van der Waals surface area contributed by atoms with Gasteiger partial charge in [0.2, 0.25) is 0 Å². The molecule has 0 saturated heterocycles. The first kappa shape index (κ1) is 10.6. The lowest BCUT2D eigenvalue weighted by molar-refractivity contribution is 0.173. The van der Waals surface area contributed by atoms with Crippen LogP contribution in [0.25, 0.3) is 0 Å². The molecule has 0 bridgehead atoms. The van der Waals surface area contributed by atoms with E-state index in [-0.39, 0.29) is 0 Å². The lowest BCUT2D eigenvalue weighted by atomic mass is 10.1. The Morgan fingerprint density at radius 3 is 2.94 bits per heavy atom. The molecule has 0 aliphatic carbocycles. The molecule has 1 unspecified atom stereocenters. The molecule has 3 N–H and O–H groups in total. The predicted molar refractivity (Wildman–Crippen MR) is 60.5 cm³/mol. The molecule has 0 saturated carbocycles. The Balaban J connectivity index is 2.13. The normalized spacial score (nSPS) is 12.6. The maximum atomic E-state index is 9.95. The Kier molecular flexibility index (Phi) is 2.87. The van der Waals surface area contributed by atoms with Gasteiger partial charge in [-0.05, 0) is 17.7 Å². The molecule has 84 valence electrons. The number of nitrogen functional groups attached to an aromatic ring is 1. The molecule has 2 heterocycles. The van der Waals surface area contributed by atoms with E-state index in [0.717, 1.165) is 5.56 Å². The maximum absolute atomic E-state index is 9.95. The van der Waals surface area contributed by atoms with Crippen LogP contribution in [0.3, 0.4) is 0 Å². The highest BCUT2D eigenvalue weighted by molar-refractivity contribution is 5.44. The summed E-state index contributed by atoms with van der Waals surface area (Å²) in [6.07, 6.45) is 4.88. The smallest absolute Gasteiger partial charge is 0.102 e. The molecular weight excluding hydrogens is 204 g/mol. The van der Waals surface area contributed by atoms with Crippen LogP contribution in [0.1, 0.15) is 17.4 Å². The third-order valence-corrected chi connectivity index (χ3v) is 2.43. The Hall–Kier alpha value is -1.88.